The van der Waals surface area contributed by atoms with Crippen molar-refractivity contribution in [2.75, 3.05) is 39.3 Å². The van der Waals surface area contributed by atoms with Gasteiger partial charge in [-0.15, -0.1) is 0 Å². The van der Waals surface area contributed by atoms with Crippen LogP contribution in [-0.4, -0.2) is 72.5 Å². The fourth-order valence-corrected chi connectivity index (χ4v) is 4.35. The largest absolute Gasteiger partial charge is 0.450 e. The van der Waals surface area contributed by atoms with Crippen LogP contribution in [0.4, 0.5) is 0 Å². The highest BCUT2D eigenvalue weighted by atomic mass is 16.6. The average Bonchev–Trinajstić information content (AvgIpc) is 2.96. The van der Waals surface area contributed by atoms with Crippen molar-refractivity contribution < 1.29 is 19.1 Å². The molecule has 2 rings (SSSR count). The molecule has 0 unspecified atom stereocenters. The standard InChI is InChI=1S/C23H39N3O4/c1-5-7-13-25(14-8-6-2)15-9-12-24-21(28)20-18(3)22(29)30-23(20)10-16-26(17-11-23)19(4)27/h5-17H2,1-4H3,(H,24,28). The summed E-state index contributed by atoms with van der Waals surface area (Å²) in [6, 6.07) is 0. The van der Waals surface area contributed by atoms with E-state index < -0.39 is 11.6 Å². The van der Waals surface area contributed by atoms with Gasteiger partial charge in [-0.3, -0.25) is 9.59 Å². The van der Waals surface area contributed by atoms with E-state index in [-0.39, 0.29) is 11.8 Å². The average molecular weight is 422 g/mol. The number of carbonyl (C=O) groups excluding carboxylic acids is 3. The number of hydrogen-bond donors (Lipinski definition) is 1. The molecule has 1 saturated heterocycles. The molecule has 30 heavy (non-hydrogen) atoms. The Morgan fingerprint density at radius 1 is 1.07 bits per heavy atom. The zero-order valence-electron chi connectivity index (χ0n) is 19.2. The topological polar surface area (TPSA) is 79.0 Å². The Morgan fingerprint density at radius 2 is 1.63 bits per heavy atom. The summed E-state index contributed by atoms with van der Waals surface area (Å²) in [6.45, 7) is 12.4. The molecule has 0 aromatic heterocycles. The van der Waals surface area contributed by atoms with E-state index in [1.165, 1.54) is 32.6 Å². The van der Waals surface area contributed by atoms with Crippen LogP contribution in [0.25, 0.3) is 0 Å². The van der Waals surface area contributed by atoms with E-state index >= 15 is 0 Å². The highest BCUT2D eigenvalue weighted by molar-refractivity contribution is 6.07. The van der Waals surface area contributed by atoms with Gasteiger partial charge in [0, 0.05) is 45.0 Å². The van der Waals surface area contributed by atoms with Gasteiger partial charge in [0.1, 0.15) is 5.60 Å². The number of esters is 1. The highest BCUT2D eigenvalue weighted by Crippen LogP contribution is 2.41. The van der Waals surface area contributed by atoms with Crippen molar-refractivity contribution in [1.29, 1.82) is 0 Å². The first-order valence-electron chi connectivity index (χ1n) is 11.6. The first-order valence-corrected chi connectivity index (χ1v) is 11.6. The Morgan fingerprint density at radius 3 is 2.17 bits per heavy atom. The predicted molar refractivity (Wildman–Crippen MR) is 117 cm³/mol. The van der Waals surface area contributed by atoms with Gasteiger partial charge in [-0.1, -0.05) is 26.7 Å². The van der Waals surface area contributed by atoms with Crippen molar-refractivity contribution in [3.63, 3.8) is 0 Å². The van der Waals surface area contributed by atoms with Crippen LogP contribution in [0.5, 0.6) is 0 Å². The van der Waals surface area contributed by atoms with Gasteiger partial charge in [0.15, 0.2) is 0 Å². The van der Waals surface area contributed by atoms with E-state index in [2.05, 4.69) is 24.1 Å². The van der Waals surface area contributed by atoms with Crippen LogP contribution in [0.3, 0.4) is 0 Å². The smallest absolute Gasteiger partial charge is 0.335 e. The predicted octanol–water partition coefficient (Wildman–Crippen LogP) is 2.65. The first kappa shape index (κ1) is 24.4. The minimum Gasteiger partial charge on any atom is -0.450 e. The molecule has 170 valence electrons. The molecular formula is C23H39N3O4. The molecule has 0 radical (unpaired) electrons. The van der Waals surface area contributed by atoms with Crippen LogP contribution in [0.1, 0.15) is 72.6 Å². The van der Waals surface area contributed by atoms with Crippen LogP contribution < -0.4 is 5.32 Å². The number of piperidine rings is 1. The minimum atomic E-state index is -0.883. The van der Waals surface area contributed by atoms with Crippen molar-refractivity contribution in [2.45, 2.75) is 78.2 Å². The quantitative estimate of drug-likeness (QED) is 0.410. The summed E-state index contributed by atoms with van der Waals surface area (Å²) >= 11 is 0. The number of nitrogens with one attached hydrogen (secondary N) is 1. The SMILES string of the molecule is CCCCN(CCCC)CCCNC(=O)C1=C(C)C(=O)OC12CCN(C(C)=O)CC2. The molecule has 0 aliphatic carbocycles. The Balaban J connectivity index is 1.91. The number of hydrogen-bond acceptors (Lipinski definition) is 5. The molecule has 0 aromatic carbocycles. The number of amides is 2. The van der Waals surface area contributed by atoms with Gasteiger partial charge >= 0.3 is 5.97 Å². The number of unbranched alkanes of at least 4 members (excludes halogenated alkanes) is 2. The Bertz CT molecular complexity index is 643. The molecule has 0 saturated carbocycles. The van der Waals surface area contributed by atoms with Crippen LogP contribution in [0.15, 0.2) is 11.1 Å². The normalized spacial score (nSPS) is 18.3. The van der Waals surface area contributed by atoms with Crippen molar-refractivity contribution >= 4 is 17.8 Å². The summed E-state index contributed by atoms with van der Waals surface area (Å²) in [6.07, 6.45) is 6.59. The summed E-state index contributed by atoms with van der Waals surface area (Å²) in [5.74, 6) is -0.610. The lowest BCUT2D eigenvalue weighted by Crippen LogP contribution is -2.50. The molecule has 0 bridgehead atoms. The molecule has 2 heterocycles. The van der Waals surface area contributed by atoms with Gasteiger partial charge in [-0.25, -0.2) is 4.79 Å². The second kappa shape index (κ2) is 11.5. The molecule has 7 heteroatoms. The number of rotatable bonds is 11. The Labute approximate surface area is 181 Å². The lowest BCUT2D eigenvalue weighted by Gasteiger charge is -2.39. The zero-order valence-corrected chi connectivity index (χ0v) is 19.2. The van der Waals surface area contributed by atoms with Crippen LogP contribution in [-0.2, 0) is 19.1 Å². The second-order valence-electron chi connectivity index (χ2n) is 8.55. The van der Waals surface area contributed by atoms with E-state index in [0.717, 1.165) is 26.1 Å². The summed E-state index contributed by atoms with van der Waals surface area (Å²) in [5, 5.41) is 3.01. The van der Waals surface area contributed by atoms with Gasteiger partial charge in [0.25, 0.3) is 5.91 Å². The van der Waals surface area contributed by atoms with Crippen molar-refractivity contribution in [1.82, 2.24) is 15.1 Å². The van der Waals surface area contributed by atoms with Crippen LogP contribution in [0.2, 0.25) is 0 Å². The number of carbonyl (C=O) groups is 3. The van der Waals surface area contributed by atoms with Crippen molar-refractivity contribution in [3.05, 3.63) is 11.1 Å². The van der Waals surface area contributed by atoms with Gasteiger partial charge < -0.3 is 19.9 Å². The molecular weight excluding hydrogens is 382 g/mol. The molecule has 1 spiro atoms. The summed E-state index contributed by atoms with van der Waals surface area (Å²) < 4.78 is 5.68. The maximum atomic E-state index is 13.0. The highest BCUT2D eigenvalue weighted by Gasteiger charge is 2.50. The molecule has 1 fully saturated rings. The summed E-state index contributed by atoms with van der Waals surface area (Å²) in [5.41, 5.74) is -0.0216. The van der Waals surface area contributed by atoms with Gasteiger partial charge in [0.2, 0.25) is 5.91 Å². The summed E-state index contributed by atoms with van der Waals surface area (Å²) in [7, 11) is 0. The number of ether oxygens (including phenoxy) is 1. The number of nitrogens with zero attached hydrogens (tertiary/aromatic N) is 2. The van der Waals surface area contributed by atoms with E-state index in [1.54, 1.807) is 11.8 Å². The van der Waals surface area contributed by atoms with Gasteiger partial charge in [0.05, 0.1) is 5.57 Å². The third-order valence-electron chi connectivity index (χ3n) is 6.26. The molecule has 0 aromatic rings. The lowest BCUT2D eigenvalue weighted by molar-refractivity contribution is -0.152. The van der Waals surface area contributed by atoms with Gasteiger partial charge in [-0.05, 0) is 45.8 Å². The molecule has 7 nitrogen and oxygen atoms in total. The number of likely N-dealkylation sites (tertiary alicyclic amines) is 1. The molecule has 2 aliphatic rings. The molecule has 0 atom stereocenters. The second-order valence-corrected chi connectivity index (χ2v) is 8.55. The molecule has 2 aliphatic heterocycles. The van der Waals surface area contributed by atoms with Gasteiger partial charge in [-0.2, -0.15) is 0 Å². The van der Waals surface area contributed by atoms with E-state index in [4.69, 9.17) is 4.74 Å². The third kappa shape index (κ3) is 6.06. The van der Waals surface area contributed by atoms with Crippen molar-refractivity contribution in [3.8, 4) is 0 Å². The molecule has 2 amide bonds. The molecule has 1 N–H and O–H groups in total. The fourth-order valence-electron chi connectivity index (χ4n) is 4.35. The fraction of sp³-hybridized carbons (Fsp3) is 0.783. The maximum absolute atomic E-state index is 13.0. The first-order chi connectivity index (χ1) is 14.3. The van der Waals surface area contributed by atoms with Crippen LogP contribution >= 0.6 is 0 Å². The zero-order chi connectivity index (χ0) is 22.1. The van der Waals surface area contributed by atoms with E-state index in [1.807, 2.05) is 0 Å². The monoisotopic (exact) mass is 421 g/mol. The van der Waals surface area contributed by atoms with Crippen molar-refractivity contribution in [2.24, 2.45) is 0 Å². The van der Waals surface area contributed by atoms with E-state index in [9.17, 15) is 14.4 Å². The Kier molecular flexibility index (Phi) is 9.34. The summed E-state index contributed by atoms with van der Waals surface area (Å²) in [4.78, 5) is 41.1. The Hall–Kier alpha value is -1.89. The lowest BCUT2D eigenvalue weighted by atomic mass is 9.82. The van der Waals surface area contributed by atoms with E-state index in [0.29, 0.717) is 43.6 Å². The maximum Gasteiger partial charge on any atom is 0.335 e. The van der Waals surface area contributed by atoms with Crippen LogP contribution in [0, 0.1) is 0 Å². The third-order valence-corrected chi connectivity index (χ3v) is 6.26. The minimum absolute atomic E-state index is 0.0107.